The quantitative estimate of drug-likeness (QED) is 0.571. The number of carbonyl (C=O) groups excluding carboxylic acids is 1. The van der Waals surface area contributed by atoms with Gasteiger partial charge in [0.2, 0.25) is 0 Å². The first-order valence-corrected chi connectivity index (χ1v) is 9.72. The number of hydrogen-bond donors (Lipinski definition) is 0. The van der Waals surface area contributed by atoms with Crippen LogP contribution in [0.25, 0.3) is 11.0 Å². The maximum Gasteiger partial charge on any atom is 0.329 e. The molecule has 0 N–H and O–H groups in total. The summed E-state index contributed by atoms with van der Waals surface area (Å²) in [5.74, 6) is -0.293. The van der Waals surface area contributed by atoms with Crippen molar-refractivity contribution in [2.45, 2.75) is 45.4 Å². The number of hydrogen-bond acceptors (Lipinski definition) is 6. The summed E-state index contributed by atoms with van der Waals surface area (Å²) in [6, 6.07) is 9.65. The molecule has 0 radical (unpaired) electrons. The Labute approximate surface area is 160 Å². The van der Waals surface area contributed by atoms with E-state index in [1.54, 1.807) is 0 Å². The Bertz CT molecular complexity index is 838. The number of carbonyl (C=O) groups is 1. The van der Waals surface area contributed by atoms with Crippen LogP contribution in [0.5, 0.6) is 0 Å². The standard InChI is InChI=1S/C21H26N4O2/c1-3-4-13-27-21(26)16(14-22)19-20(25-11-9-15(2)10-12-25)24-18-8-6-5-7-17(18)23-19/h5-8,15-16H,3-4,9-13H2,1-2H3/t16-/m0/s1. The lowest BCUT2D eigenvalue weighted by Crippen LogP contribution is -2.35. The molecule has 0 bridgehead atoms. The topological polar surface area (TPSA) is 79.1 Å². The van der Waals surface area contributed by atoms with Crippen LogP contribution in [0.1, 0.15) is 51.1 Å². The number of fused-ring (bicyclic) bond motifs is 1. The van der Waals surface area contributed by atoms with Crippen LogP contribution in [0, 0.1) is 17.2 Å². The number of rotatable bonds is 6. The number of nitrogens with zero attached hydrogens (tertiary/aromatic N) is 4. The van der Waals surface area contributed by atoms with Crippen molar-refractivity contribution in [3.05, 3.63) is 30.0 Å². The van der Waals surface area contributed by atoms with Crippen molar-refractivity contribution >= 4 is 22.8 Å². The maximum absolute atomic E-state index is 12.5. The van der Waals surface area contributed by atoms with Gasteiger partial charge in [-0.1, -0.05) is 32.4 Å². The number of ether oxygens (including phenoxy) is 1. The summed E-state index contributed by atoms with van der Waals surface area (Å²) in [4.78, 5) is 24.1. The first-order chi connectivity index (χ1) is 13.1. The zero-order valence-electron chi connectivity index (χ0n) is 16.0. The van der Waals surface area contributed by atoms with E-state index in [4.69, 9.17) is 9.72 Å². The number of piperidine rings is 1. The molecule has 1 aliphatic heterocycles. The molecular formula is C21H26N4O2. The van der Waals surface area contributed by atoms with Crippen LogP contribution in [0.2, 0.25) is 0 Å². The van der Waals surface area contributed by atoms with Crippen molar-refractivity contribution in [3.63, 3.8) is 0 Å². The van der Waals surface area contributed by atoms with Crippen LogP contribution in [0.4, 0.5) is 5.82 Å². The lowest BCUT2D eigenvalue weighted by Gasteiger charge is -2.32. The number of nitriles is 1. The minimum atomic E-state index is -1.06. The predicted molar refractivity (Wildman–Crippen MR) is 104 cm³/mol. The Hall–Kier alpha value is -2.68. The van der Waals surface area contributed by atoms with Crippen LogP contribution in [-0.2, 0) is 9.53 Å². The van der Waals surface area contributed by atoms with Gasteiger partial charge in [0.1, 0.15) is 5.69 Å². The van der Waals surface area contributed by atoms with Crippen LogP contribution < -0.4 is 4.90 Å². The average molecular weight is 366 g/mol. The van der Waals surface area contributed by atoms with Crippen molar-refractivity contribution in [1.82, 2.24) is 9.97 Å². The normalized spacial score (nSPS) is 16.1. The minimum Gasteiger partial charge on any atom is -0.464 e. The summed E-state index contributed by atoms with van der Waals surface area (Å²) in [7, 11) is 0. The van der Waals surface area contributed by atoms with Crippen LogP contribution >= 0.6 is 0 Å². The van der Waals surface area contributed by atoms with E-state index in [1.165, 1.54) is 0 Å². The van der Waals surface area contributed by atoms with Gasteiger partial charge in [-0.3, -0.25) is 4.79 Å². The number of esters is 1. The SMILES string of the molecule is CCCCOC(=O)[C@@H](C#N)c1nc2ccccc2nc1N1CCC(C)CC1. The van der Waals surface area contributed by atoms with Gasteiger partial charge in [0.25, 0.3) is 0 Å². The molecule has 0 spiro atoms. The highest BCUT2D eigenvalue weighted by atomic mass is 16.5. The Morgan fingerprint density at radius 2 is 1.96 bits per heavy atom. The number of anilines is 1. The van der Waals surface area contributed by atoms with Gasteiger partial charge in [0.15, 0.2) is 11.7 Å². The molecule has 1 saturated heterocycles. The summed E-state index contributed by atoms with van der Waals surface area (Å²) in [6.45, 7) is 6.30. The van der Waals surface area contributed by atoms with E-state index >= 15 is 0 Å². The van der Waals surface area contributed by atoms with Crippen LogP contribution in [0.15, 0.2) is 24.3 Å². The molecule has 6 heteroatoms. The summed E-state index contributed by atoms with van der Waals surface area (Å²) < 4.78 is 5.31. The van der Waals surface area contributed by atoms with Gasteiger partial charge in [-0.2, -0.15) is 5.26 Å². The fourth-order valence-corrected chi connectivity index (χ4v) is 3.28. The van der Waals surface area contributed by atoms with Gasteiger partial charge in [-0.05, 0) is 37.3 Å². The summed E-state index contributed by atoms with van der Waals surface area (Å²) >= 11 is 0. The smallest absolute Gasteiger partial charge is 0.329 e. The zero-order valence-corrected chi connectivity index (χ0v) is 16.0. The van der Waals surface area contributed by atoms with Gasteiger partial charge >= 0.3 is 5.97 Å². The second-order valence-corrected chi connectivity index (χ2v) is 7.17. The van der Waals surface area contributed by atoms with Gasteiger partial charge in [-0.25, -0.2) is 9.97 Å². The Morgan fingerprint density at radius 1 is 1.30 bits per heavy atom. The van der Waals surface area contributed by atoms with Crippen molar-refractivity contribution in [1.29, 1.82) is 5.26 Å². The van der Waals surface area contributed by atoms with Crippen molar-refractivity contribution in [2.24, 2.45) is 5.92 Å². The second-order valence-electron chi connectivity index (χ2n) is 7.17. The molecule has 1 aromatic carbocycles. The second kappa shape index (κ2) is 8.81. The van der Waals surface area contributed by atoms with Crippen molar-refractivity contribution in [3.8, 4) is 6.07 Å². The van der Waals surface area contributed by atoms with E-state index in [0.29, 0.717) is 29.6 Å². The molecule has 2 aromatic rings. The van der Waals surface area contributed by atoms with E-state index in [1.807, 2.05) is 31.2 Å². The van der Waals surface area contributed by atoms with Gasteiger partial charge in [0.05, 0.1) is 23.7 Å². The highest BCUT2D eigenvalue weighted by Crippen LogP contribution is 2.30. The first kappa shape index (κ1) is 19.1. The Kier molecular flexibility index (Phi) is 6.23. The molecule has 0 amide bonds. The molecule has 6 nitrogen and oxygen atoms in total. The zero-order chi connectivity index (χ0) is 19.2. The average Bonchev–Trinajstić information content (AvgIpc) is 2.69. The number of aromatic nitrogens is 2. The third-order valence-corrected chi connectivity index (χ3v) is 5.04. The fraction of sp³-hybridized carbons (Fsp3) is 0.524. The third-order valence-electron chi connectivity index (χ3n) is 5.04. The van der Waals surface area contributed by atoms with Crippen LogP contribution in [-0.4, -0.2) is 35.6 Å². The number of para-hydroxylation sites is 2. The molecule has 0 saturated carbocycles. The minimum absolute atomic E-state index is 0.324. The summed E-state index contributed by atoms with van der Waals surface area (Å²) in [6.07, 6.45) is 3.83. The molecular weight excluding hydrogens is 340 g/mol. The van der Waals surface area contributed by atoms with Gasteiger partial charge < -0.3 is 9.64 Å². The molecule has 0 unspecified atom stereocenters. The van der Waals surface area contributed by atoms with Gasteiger partial charge in [-0.15, -0.1) is 0 Å². The van der Waals surface area contributed by atoms with E-state index in [0.717, 1.165) is 44.3 Å². The highest BCUT2D eigenvalue weighted by molar-refractivity contribution is 5.85. The van der Waals surface area contributed by atoms with Gasteiger partial charge in [0, 0.05) is 13.1 Å². The monoisotopic (exact) mass is 366 g/mol. The molecule has 27 heavy (non-hydrogen) atoms. The van der Waals surface area contributed by atoms with Crippen molar-refractivity contribution in [2.75, 3.05) is 24.6 Å². The molecule has 3 rings (SSSR count). The fourth-order valence-electron chi connectivity index (χ4n) is 3.28. The predicted octanol–water partition coefficient (Wildman–Crippen LogP) is 3.82. The van der Waals surface area contributed by atoms with Crippen LogP contribution in [0.3, 0.4) is 0 Å². The van der Waals surface area contributed by atoms with Crippen molar-refractivity contribution < 1.29 is 9.53 Å². The van der Waals surface area contributed by atoms with E-state index in [2.05, 4.69) is 22.9 Å². The maximum atomic E-state index is 12.5. The lowest BCUT2D eigenvalue weighted by molar-refractivity contribution is -0.144. The molecule has 1 fully saturated rings. The molecule has 142 valence electrons. The molecule has 1 aromatic heterocycles. The number of benzene rings is 1. The van der Waals surface area contributed by atoms with E-state index < -0.39 is 11.9 Å². The molecule has 0 aliphatic carbocycles. The summed E-state index contributed by atoms with van der Waals surface area (Å²) in [5.41, 5.74) is 1.86. The Morgan fingerprint density at radius 3 is 2.59 bits per heavy atom. The molecule has 1 atom stereocenters. The summed E-state index contributed by atoms with van der Waals surface area (Å²) in [5, 5.41) is 9.71. The lowest BCUT2D eigenvalue weighted by atomic mass is 9.98. The molecule has 2 heterocycles. The first-order valence-electron chi connectivity index (χ1n) is 9.72. The van der Waals surface area contributed by atoms with E-state index in [9.17, 15) is 10.1 Å². The largest absolute Gasteiger partial charge is 0.464 e. The Balaban J connectivity index is 1.99. The highest BCUT2D eigenvalue weighted by Gasteiger charge is 2.31. The van der Waals surface area contributed by atoms with E-state index in [-0.39, 0.29) is 0 Å². The number of unbranched alkanes of at least 4 members (excludes halogenated alkanes) is 1. The molecule has 1 aliphatic rings. The third kappa shape index (κ3) is 4.36.